The molecule has 3 aromatic rings. The van der Waals surface area contributed by atoms with Gasteiger partial charge < -0.3 is 13.9 Å². The number of benzene rings is 1. The summed E-state index contributed by atoms with van der Waals surface area (Å²) in [6.45, 7) is 4.23. The number of piperidine rings is 3. The molecule has 3 saturated heterocycles. The molecule has 0 radical (unpaired) electrons. The van der Waals surface area contributed by atoms with Crippen LogP contribution in [0.4, 0.5) is 10.5 Å². The molecule has 0 spiro atoms. The number of carbonyl (C=O) groups excluding carboxylic acids is 1. The van der Waals surface area contributed by atoms with E-state index in [0.717, 1.165) is 54.7 Å². The fraction of sp³-hybridized carbons (Fsp3) is 0.400. The molecule has 1 unspecified atom stereocenters. The second kappa shape index (κ2) is 9.23. The summed E-state index contributed by atoms with van der Waals surface area (Å²) in [6.07, 6.45) is 3.34. The van der Waals surface area contributed by atoms with Gasteiger partial charge in [0.2, 0.25) is 0 Å². The van der Waals surface area contributed by atoms with E-state index in [2.05, 4.69) is 21.3 Å². The van der Waals surface area contributed by atoms with Gasteiger partial charge in [0, 0.05) is 29.9 Å². The Hall–Kier alpha value is -3.39. The van der Waals surface area contributed by atoms with E-state index in [9.17, 15) is 4.79 Å². The molecule has 1 aromatic carbocycles. The lowest BCUT2D eigenvalue weighted by atomic mass is 9.74. The Bertz CT molecular complexity index is 1100. The van der Waals surface area contributed by atoms with Crippen LogP contribution in [0, 0.1) is 12.8 Å². The number of aryl methyl sites for hydroxylation is 1. The molecular weight excluding hydrogens is 420 g/mol. The highest BCUT2D eigenvalue weighted by atomic mass is 16.5. The van der Waals surface area contributed by atoms with Crippen LogP contribution in [0.5, 0.6) is 5.75 Å². The number of nitrogens with one attached hydrogen (secondary N) is 1. The molecule has 1 amide bonds. The fourth-order valence-corrected chi connectivity index (χ4v) is 4.98. The number of hydrogen-bond donors (Lipinski definition) is 1. The molecule has 3 aliphatic heterocycles. The third-order valence-electron chi connectivity index (χ3n) is 6.63. The Labute approximate surface area is 192 Å². The monoisotopic (exact) mass is 448 g/mol. The molecule has 3 fully saturated rings. The minimum absolute atomic E-state index is 0.231. The molecule has 1 N–H and O–H groups in total. The summed E-state index contributed by atoms with van der Waals surface area (Å²) >= 11 is 0. The van der Waals surface area contributed by atoms with Crippen molar-refractivity contribution in [3.63, 3.8) is 0 Å². The van der Waals surface area contributed by atoms with Gasteiger partial charge in [0.25, 0.3) is 0 Å². The first-order valence-electron chi connectivity index (χ1n) is 11.3. The van der Waals surface area contributed by atoms with Gasteiger partial charge in [0.1, 0.15) is 23.9 Å². The average molecular weight is 449 g/mol. The number of rotatable bonds is 6. The molecule has 33 heavy (non-hydrogen) atoms. The van der Waals surface area contributed by atoms with Crippen LogP contribution in [-0.2, 0) is 4.74 Å². The van der Waals surface area contributed by atoms with Crippen LogP contribution in [0.1, 0.15) is 30.3 Å². The normalized spacial score (nSPS) is 23.8. The largest absolute Gasteiger partial charge is 0.497 e. The Balaban J connectivity index is 1.20. The first kappa shape index (κ1) is 21.5. The van der Waals surface area contributed by atoms with Crippen molar-refractivity contribution in [2.45, 2.75) is 31.7 Å². The van der Waals surface area contributed by atoms with E-state index >= 15 is 0 Å². The topological polar surface area (TPSA) is 89.7 Å². The maximum absolute atomic E-state index is 12.3. The van der Waals surface area contributed by atoms with Gasteiger partial charge in [0.05, 0.1) is 13.4 Å². The lowest BCUT2D eigenvalue weighted by Crippen LogP contribution is -2.54. The summed E-state index contributed by atoms with van der Waals surface area (Å²) in [5.41, 5.74) is 2.58. The number of ether oxygens (including phenoxy) is 2. The molecule has 3 aliphatic rings. The van der Waals surface area contributed by atoms with Crippen LogP contribution < -0.4 is 10.1 Å². The van der Waals surface area contributed by atoms with E-state index in [-0.39, 0.29) is 6.04 Å². The van der Waals surface area contributed by atoms with Crippen molar-refractivity contribution < 1.29 is 18.7 Å². The SMILES string of the molecule is COc1ccc(NC(=O)OC[C@H]2C[C@@H]3CCN2C[C@H]3c2cc(-c3ccco3)nc(C)n2)cc1. The summed E-state index contributed by atoms with van der Waals surface area (Å²) in [4.78, 5) is 24.0. The predicted molar refractivity (Wildman–Crippen MR) is 123 cm³/mol. The molecule has 5 heterocycles. The van der Waals surface area contributed by atoms with E-state index < -0.39 is 6.09 Å². The number of anilines is 1. The number of carbonyl (C=O) groups is 1. The van der Waals surface area contributed by atoms with E-state index in [1.54, 1.807) is 37.6 Å². The Morgan fingerprint density at radius 1 is 1.24 bits per heavy atom. The lowest BCUT2D eigenvalue weighted by molar-refractivity contribution is -0.00151. The van der Waals surface area contributed by atoms with Crippen LogP contribution in [0.3, 0.4) is 0 Å². The third-order valence-corrected chi connectivity index (χ3v) is 6.63. The first-order valence-corrected chi connectivity index (χ1v) is 11.3. The molecule has 2 aromatic heterocycles. The lowest BCUT2D eigenvalue weighted by Gasteiger charge is -2.49. The second-order valence-corrected chi connectivity index (χ2v) is 8.69. The zero-order valence-electron chi connectivity index (χ0n) is 18.9. The molecule has 172 valence electrons. The number of aromatic nitrogens is 2. The maximum atomic E-state index is 12.3. The van der Waals surface area contributed by atoms with Gasteiger partial charge in [-0.2, -0.15) is 0 Å². The van der Waals surface area contributed by atoms with E-state index in [1.165, 1.54) is 0 Å². The Morgan fingerprint density at radius 3 is 2.79 bits per heavy atom. The van der Waals surface area contributed by atoms with Crippen molar-refractivity contribution in [3.8, 4) is 17.2 Å². The summed E-state index contributed by atoms with van der Waals surface area (Å²) in [6, 6.07) is 13.3. The Kier molecular flexibility index (Phi) is 6.00. The van der Waals surface area contributed by atoms with Gasteiger partial charge >= 0.3 is 6.09 Å². The van der Waals surface area contributed by atoms with Crippen molar-refractivity contribution >= 4 is 11.8 Å². The van der Waals surface area contributed by atoms with Crippen molar-refractivity contribution in [3.05, 3.63) is 60.2 Å². The van der Waals surface area contributed by atoms with Gasteiger partial charge in [-0.25, -0.2) is 14.8 Å². The van der Waals surface area contributed by atoms with Crippen LogP contribution in [0.15, 0.2) is 53.1 Å². The van der Waals surface area contributed by atoms with E-state index in [0.29, 0.717) is 24.1 Å². The van der Waals surface area contributed by atoms with Crippen LogP contribution in [-0.4, -0.2) is 53.8 Å². The number of furan rings is 1. The fourth-order valence-electron chi connectivity index (χ4n) is 4.98. The second-order valence-electron chi connectivity index (χ2n) is 8.69. The number of methoxy groups -OCH3 is 1. The van der Waals surface area contributed by atoms with Crippen molar-refractivity contribution in [1.82, 2.24) is 14.9 Å². The van der Waals surface area contributed by atoms with Gasteiger partial charge in [-0.15, -0.1) is 0 Å². The molecule has 6 rings (SSSR count). The summed E-state index contributed by atoms with van der Waals surface area (Å²) < 4.78 is 16.2. The summed E-state index contributed by atoms with van der Waals surface area (Å²) in [5, 5.41) is 2.78. The highest BCUT2D eigenvalue weighted by Crippen LogP contribution is 2.42. The van der Waals surface area contributed by atoms with Gasteiger partial charge in [-0.3, -0.25) is 10.2 Å². The minimum Gasteiger partial charge on any atom is -0.497 e. The predicted octanol–water partition coefficient (Wildman–Crippen LogP) is 4.48. The standard InChI is InChI=1S/C25H28N4O4/c1-16-26-22(13-23(27-16)24-4-3-11-32-24)21-14-29-10-9-17(21)12-19(29)15-33-25(30)28-18-5-7-20(31-2)8-6-18/h3-8,11,13,17,19,21H,9-10,12,14-15H2,1-2H3,(H,28,30)/t17-,19+,21+/m0/s1. The molecular formula is C25H28N4O4. The van der Waals surface area contributed by atoms with Crippen molar-refractivity contribution in [2.24, 2.45) is 5.92 Å². The zero-order chi connectivity index (χ0) is 22.8. The highest BCUT2D eigenvalue weighted by Gasteiger charge is 2.42. The van der Waals surface area contributed by atoms with Crippen LogP contribution >= 0.6 is 0 Å². The number of amides is 1. The number of fused-ring (bicyclic) bond motifs is 3. The van der Waals surface area contributed by atoms with E-state index in [4.69, 9.17) is 18.9 Å². The van der Waals surface area contributed by atoms with Crippen LogP contribution in [0.25, 0.3) is 11.5 Å². The van der Waals surface area contributed by atoms with E-state index in [1.807, 2.05) is 19.1 Å². The van der Waals surface area contributed by atoms with Gasteiger partial charge in [-0.1, -0.05) is 0 Å². The third kappa shape index (κ3) is 4.71. The Morgan fingerprint density at radius 2 is 2.09 bits per heavy atom. The number of hydrogen-bond acceptors (Lipinski definition) is 7. The smallest absolute Gasteiger partial charge is 0.411 e. The quantitative estimate of drug-likeness (QED) is 0.595. The zero-order valence-corrected chi connectivity index (χ0v) is 18.9. The van der Waals surface area contributed by atoms with Crippen LogP contribution in [0.2, 0.25) is 0 Å². The average Bonchev–Trinajstić information content (AvgIpc) is 3.38. The molecule has 8 heteroatoms. The van der Waals surface area contributed by atoms with Crippen molar-refractivity contribution in [1.29, 1.82) is 0 Å². The van der Waals surface area contributed by atoms with Gasteiger partial charge in [0.15, 0.2) is 5.76 Å². The van der Waals surface area contributed by atoms with Crippen molar-refractivity contribution in [2.75, 3.05) is 32.1 Å². The highest BCUT2D eigenvalue weighted by molar-refractivity contribution is 5.84. The molecule has 8 nitrogen and oxygen atoms in total. The van der Waals surface area contributed by atoms with Gasteiger partial charge in [-0.05, 0) is 74.7 Å². The summed E-state index contributed by atoms with van der Waals surface area (Å²) in [5.74, 6) is 3.11. The molecule has 0 aliphatic carbocycles. The number of nitrogens with zero attached hydrogens (tertiary/aromatic N) is 3. The molecule has 0 saturated carbocycles. The first-order chi connectivity index (χ1) is 16.1. The minimum atomic E-state index is -0.436. The molecule has 4 atom stereocenters. The molecule has 2 bridgehead atoms. The maximum Gasteiger partial charge on any atom is 0.411 e. The summed E-state index contributed by atoms with van der Waals surface area (Å²) in [7, 11) is 1.61.